The van der Waals surface area contributed by atoms with Crippen LogP contribution in [0.5, 0.6) is 0 Å². The quantitative estimate of drug-likeness (QED) is 0.859. The average molecular weight is 320 g/mol. The minimum Gasteiger partial charge on any atom is -0.443 e. The van der Waals surface area contributed by atoms with Crippen molar-refractivity contribution in [3.63, 3.8) is 0 Å². The van der Waals surface area contributed by atoms with Gasteiger partial charge in [0.05, 0.1) is 17.9 Å². The van der Waals surface area contributed by atoms with Gasteiger partial charge in [-0.3, -0.25) is 4.90 Å². The number of ether oxygens (including phenoxy) is 1. The van der Waals surface area contributed by atoms with Gasteiger partial charge in [0.1, 0.15) is 11.9 Å². The van der Waals surface area contributed by atoms with Gasteiger partial charge in [-0.25, -0.2) is 9.18 Å². The number of carbonyl (C=O) groups excluding carboxylic acids is 1. The average Bonchev–Trinajstić information content (AvgIpc) is 2.78. The predicted molar refractivity (Wildman–Crippen MR) is 85.5 cm³/mol. The molecule has 0 radical (unpaired) electrons. The SMILES string of the molecule is CNCC1CN(c2ccc(N3CC4(CNC4)C3)c(F)c2)C(=O)O1. The number of nitrogens with one attached hydrogen (secondary N) is 2. The number of amides is 1. The second kappa shape index (κ2) is 5.35. The molecule has 1 atom stereocenters. The van der Waals surface area contributed by atoms with Gasteiger partial charge in [-0.2, -0.15) is 0 Å². The Balaban J connectivity index is 1.47. The molecule has 4 rings (SSSR count). The fourth-order valence-corrected chi connectivity index (χ4v) is 3.62. The first-order chi connectivity index (χ1) is 11.1. The van der Waals surface area contributed by atoms with Crippen LogP contribution in [0.2, 0.25) is 0 Å². The number of anilines is 2. The topological polar surface area (TPSA) is 56.8 Å². The number of likely N-dealkylation sites (N-methyl/N-ethyl adjacent to an activating group) is 1. The molecule has 7 heteroatoms. The van der Waals surface area contributed by atoms with E-state index in [9.17, 15) is 9.18 Å². The highest BCUT2D eigenvalue weighted by molar-refractivity contribution is 5.90. The van der Waals surface area contributed by atoms with Crippen LogP contribution in [0.4, 0.5) is 20.6 Å². The Bertz CT molecular complexity index is 627. The number of hydrogen-bond acceptors (Lipinski definition) is 5. The van der Waals surface area contributed by atoms with E-state index in [0.717, 1.165) is 26.2 Å². The number of hydrogen-bond donors (Lipinski definition) is 2. The molecule has 1 unspecified atom stereocenters. The molecule has 0 bridgehead atoms. The first-order valence-corrected chi connectivity index (χ1v) is 7.98. The van der Waals surface area contributed by atoms with Gasteiger partial charge in [-0.15, -0.1) is 0 Å². The molecule has 1 aromatic carbocycles. The van der Waals surface area contributed by atoms with Crippen LogP contribution in [0.3, 0.4) is 0 Å². The summed E-state index contributed by atoms with van der Waals surface area (Å²) in [7, 11) is 1.81. The van der Waals surface area contributed by atoms with E-state index in [1.54, 1.807) is 12.1 Å². The van der Waals surface area contributed by atoms with E-state index in [-0.39, 0.29) is 11.9 Å². The van der Waals surface area contributed by atoms with Crippen LogP contribution in [0.1, 0.15) is 0 Å². The van der Waals surface area contributed by atoms with Crippen molar-refractivity contribution in [1.82, 2.24) is 10.6 Å². The summed E-state index contributed by atoms with van der Waals surface area (Å²) in [5, 5.41) is 6.25. The summed E-state index contributed by atoms with van der Waals surface area (Å²) in [6.45, 7) is 4.87. The van der Waals surface area contributed by atoms with Crippen molar-refractivity contribution in [1.29, 1.82) is 0 Å². The number of benzene rings is 1. The first kappa shape index (κ1) is 14.7. The van der Waals surface area contributed by atoms with E-state index in [4.69, 9.17) is 4.74 Å². The van der Waals surface area contributed by atoms with E-state index >= 15 is 0 Å². The number of halogens is 1. The third-order valence-corrected chi connectivity index (χ3v) is 4.94. The molecular weight excluding hydrogens is 299 g/mol. The molecule has 3 saturated heterocycles. The summed E-state index contributed by atoms with van der Waals surface area (Å²) in [5.74, 6) is -0.283. The smallest absolute Gasteiger partial charge is 0.414 e. The maximum atomic E-state index is 14.5. The summed E-state index contributed by atoms with van der Waals surface area (Å²) < 4.78 is 19.7. The summed E-state index contributed by atoms with van der Waals surface area (Å²) in [6, 6.07) is 5.00. The molecule has 1 amide bonds. The largest absolute Gasteiger partial charge is 0.443 e. The Hall–Kier alpha value is -1.86. The zero-order chi connectivity index (χ0) is 16.0. The second-order valence-electron chi connectivity index (χ2n) is 6.77. The van der Waals surface area contributed by atoms with E-state index in [0.29, 0.717) is 29.9 Å². The monoisotopic (exact) mass is 320 g/mol. The van der Waals surface area contributed by atoms with E-state index < -0.39 is 6.09 Å². The normalized spacial score (nSPS) is 25.3. The lowest BCUT2D eigenvalue weighted by atomic mass is 9.74. The maximum Gasteiger partial charge on any atom is 0.414 e. The molecule has 3 aliphatic heterocycles. The van der Waals surface area contributed by atoms with Crippen molar-refractivity contribution in [2.75, 3.05) is 56.1 Å². The summed E-state index contributed by atoms with van der Waals surface area (Å²) in [5.41, 5.74) is 1.52. The van der Waals surface area contributed by atoms with Crippen molar-refractivity contribution in [2.45, 2.75) is 6.10 Å². The van der Waals surface area contributed by atoms with Gasteiger partial charge in [-0.05, 0) is 25.2 Å². The van der Waals surface area contributed by atoms with Gasteiger partial charge < -0.3 is 20.3 Å². The molecule has 3 aliphatic rings. The standard InChI is InChI=1S/C16H21FN4O2/c1-18-5-12-6-21(15(22)23-12)11-2-3-14(13(17)4-11)20-9-16(10-20)7-19-8-16/h2-4,12,18-19H,5-10H2,1H3. The third-order valence-electron chi connectivity index (χ3n) is 4.94. The number of nitrogens with zero attached hydrogens (tertiary/aromatic N) is 2. The van der Waals surface area contributed by atoms with Crippen molar-refractivity contribution in [3.05, 3.63) is 24.0 Å². The Labute approximate surface area is 134 Å². The molecule has 0 saturated carbocycles. The molecule has 3 fully saturated rings. The molecule has 0 aliphatic carbocycles. The molecular formula is C16H21FN4O2. The lowest BCUT2D eigenvalue weighted by Gasteiger charge is -2.57. The lowest BCUT2D eigenvalue weighted by Crippen LogP contribution is -2.71. The van der Waals surface area contributed by atoms with Crippen molar-refractivity contribution < 1.29 is 13.9 Å². The minimum absolute atomic E-state index is 0.198. The first-order valence-electron chi connectivity index (χ1n) is 7.98. The van der Waals surface area contributed by atoms with Crippen molar-refractivity contribution in [3.8, 4) is 0 Å². The fraction of sp³-hybridized carbons (Fsp3) is 0.562. The number of cyclic esters (lactones) is 1. The van der Waals surface area contributed by atoms with Crippen LogP contribution < -0.4 is 20.4 Å². The van der Waals surface area contributed by atoms with Gasteiger partial charge in [0.15, 0.2) is 0 Å². The van der Waals surface area contributed by atoms with Crippen LogP contribution in [0.15, 0.2) is 18.2 Å². The van der Waals surface area contributed by atoms with Gasteiger partial charge in [-0.1, -0.05) is 0 Å². The van der Waals surface area contributed by atoms with Crippen LogP contribution in [0, 0.1) is 11.2 Å². The lowest BCUT2D eigenvalue weighted by molar-refractivity contribution is 0.120. The Morgan fingerprint density at radius 2 is 2.22 bits per heavy atom. The molecule has 1 aromatic rings. The zero-order valence-electron chi connectivity index (χ0n) is 13.1. The molecule has 0 aromatic heterocycles. The molecule has 124 valence electrons. The third kappa shape index (κ3) is 2.44. The van der Waals surface area contributed by atoms with Crippen LogP contribution in [-0.4, -0.2) is 58.5 Å². The maximum absolute atomic E-state index is 14.5. The predicted octanol–water partition coefficient (Wildman–Crippen LogP) is 0.780. The summed E-state index contributed by atoms with van der Waals surface area (Å²) in [6.07, 6.45) is -0.613. The Morgan fingerprint density at radius 1 is 1.43 bits per heavy atom. The van der Waals surface area contributed by atoms with Gasteiger partial charge >= 0.3 is 6.09 Å². The Kier molecular flexibility index (Phi) is 3.42. The van der Waals surface area contributed by atoms with Crippen LogP contribution >= 0.6 is 0 Å². The van der Waals surface area contributed by atoms with Gasteiger partial charge in [0.2, 0.25) is 0 Å². The minimum atomic E-state index is -0.416. The van der Waals surface area contributed by atoms with E-state index in [1.807, 2.05) is 7.05 Å². The molecule has 2 N–H and O–H groups in total. The van der Waals surface area contributed by atoms with Gasteiger partial charge in [0, 0.05) is 38.1 Å². The van der Waals surface area contributed by atoms with Gasteiger partial charge in [0.25, 0.3) is 0 Å². The second-order valence-corrected chi connectivity index (χ2v) is 6.77. The van der Waals surface area contributed by atoms with Crippen molar-refractivity contribution in [2.24, 2.45) is 5.41 Å². The molecule has 3 heterocycles. The van der Waals surface area contributed by atoms with E-state index in [1.165, 1.54) is 11.0 Å². The molecule has 1 spiro atoms. The highest BCUT2D eigenvalue weighted by Gasteiger charge is 2.48. The highest BCUT2D eigenvalue weighted by atomic mass is 19.1. The van der Waals surface area contributed by atoms with Crippen LogP contribution in [-0.2, 0) is 4.74 Å². The van der Waals surface area contributed by atoms with E-state index in [2.05, 4.69) is 15.5 Å². The number of carbonyl (C=O) groups is 1. The number of rotatable bonds is 4. The fourth-order valence-electron chi connectivity index (χ4n) is 3.62. The zero-order valence-corrected chi connectivity index (χ0v) is 13.1. The highest BCUT2D eigenvalue weighted by Crippen LogP contribution is 2.39. The Morgan fingerprint density at radius 3 is 2.83 bits per heavy atom. The van der Waals surface area contributed by atoms with Crippen molar-refractivity contribution >= 4 is 17.5 Å². The summed E-state index contributed by atoms with van der Waals surface area (Å²) in [4.78, 5) is 15.5. The van der Waals surface area contributed by atoms with Crippen LogP contribution in [0.25, 0.3) is 0 Å². The molecule has 23 heavy (non-hydrogen) atoms. The molecule has 6 nitrogen and oxygen atoms in total. The summed E-state index contributed by atoms with van der Waals surface area (Å²) >= 11 is 0.